The third-order valence-corrected chi connectivity index (χ3v) is 5.27. The number of nitrogens with zero attached hydrogens (tertiary/aromatic N) is 1. The molecule has 1 fully saturated rings. The van der Waals surface area contributed by atoms with Crippen LogP contribution in [-0.2, 0) is 20.4 Å². The van der Waals surface area contributed by atoms with Crippen LogP contribution in [0.5, 0.6) is 0 Å². The molecule has 1 aliphatic rings. The van der Waals surface area contributed by atoms with Crippen molar-refractivity contribution in [3.63, 3.8) is 0 Å². The van der Waals surface area contributed by atoms with E-state index in [-0.39, 0.29) is 29.8 Å². The molecule has 1 atom stereocenters. The van der Waals surface area contributed by atoms with Crippen LogP contribution in [0.4, 0.5) is 23.7 Å². The number of aromatic nitrogens is 1. The van der Waals surface area contributed by atoms with Crippen molar-refractivity contribution in [3.8, 4) is 11.3 Å². The van der Waals surface area contributed by atoms with Crippen LogP contribution in [-0.4, -0.2) is 50.7 Å². The Morgan fingerprint density at radius 3 is 2.67 bits per heavy atom. The lowest BCUT2D eigenvalue weighted by atomic mass is 10.0. The number of halogens is 3. The summed E-state index contributed by atoms with van der Waals surface area (Å²) in [6.45, 7) is 1.25. The maximum atomic E-state index is 13.4. The van der Waals surface area contributed by atoms with Crippen LogP contribution >= 0.6 is 0 Å². The molecule has 1 N–H and O–H groups in total. The highest BCUT2D eigenvalue weighted by Gasteiger charge is 2.34. The van der Waals surface area contributed by atoms with Crippen LogP contribution in [0.25, 0.3) is 22.0 Å². The molecule has 1 saturated heterocycles. The topological polar surface area (TPSA) is 80.9 Å². The number of amides is 1. The van der Waals surface area contributed by atoms with Gasteiger partial charge in [-0.2, -0.15) is 13.2 Å². The number of hydrogen-bond acceptors (Lipinski definition) is 5. The Labute approximate surface area is 186 Å². The van der Waals surface area contributed by atoms with Gasteiger partial charge in [-0.1, -0.05) is 24.3 Å². The van der Waals surface area contributed by atoms with E-state index in [2.05, 4.69) is 4.98 Å². The molecule has 1 unspecified atom stereocenters. The molecule has 0 aliphatic carbocycles. The number of carbonyl (C=O) groups excluding carboxylic acids is 1. The molecule has 1 aromatic heterocycles. The van der Waals surface area contributed by atoms with Crippen molar-refractivity contribution in [1.29, 1.82) is 0 Å². The zero-order valence-corrected chi connectivity index (χ0v) is 17.6. The number of aromatic amines is 1. The van der Waals surface area contributed by atoms with E-state index in [4.69, 9.17) is 14.2 Å². The van der Waals surface area contributed by atoms with Crippen molar-refractivity contribution in [3.05, 3.63) is 64.4 Å². The van der Waals surface area contributed by atoms with Crippen LogP contribution in [0, 0.1) is 0 Å². The highest BCUT2D eigenvalue weighted by atomic mass is 19.4. The van der Waals surface area contributed by atoms with E-state index in [1.54, 1.807) is 19.2 Å². The predicted molar refractivity (Wildman–Crippen MR) is 115 cm³/mol. The molecule has 2 heterocycles. The lowest BCUT2D eigenvalue weighted by Gasteiger charge is -2.15. The number of rotatable bonds is 7. The molecule has 174 valence electrons. The Balaban J connectivity index is 1.61. The van der Waals surface area contributed by atoms with Crippen LogP contribution < -0.4 is 10.5 Å². The van der Waals surface area contributed by atoms with Crippen LogP contribution in [0.3, 0.4) is 0 Å². The number of hydrogen-bond donors (Lipinski definition) is 1. The largest absolute Gasteiger partial charge is 0.441 e. The SMILES string of the molecule is COCCOCC1CN(c2ccc3cc(-c4ccccc4C(F)(F)F)[nH]c(=O)c3c2)C(=O)O1. The first-order valence-corrected chi connectivity index (χ1v) is 10.2. The number of ether oxygens (including phenoxy) is 3. The molecule has 0 radical (unpaired) electrons. The van der Waals surface area contributed by atoms with E-state index in [0.29, 0.717) is 24.3 Å². The highest BCUT2D eigenvalue weighted by molar-refractivity contribution is 5.94. The molecular weight excluding hydrogens is 441 g/mol. The van der Waals surface area contributed by atoms with Gasteiger partial charge in [-0.3, -0.25) is 9.69 Å². The zero-order chi connectivity index (χ0) is 23.6. The van der Waals surface area contributed by atoms with Crippen molar-refractivity contribution in [2.24, 2.45) is 0 Å². The van der Waals surface area contributed by atoms with Gasteiger partial charge in [-0.15, -0.1) is 0 Å². The number of carbonyl (C=O) groups is 1. The van der Waals surface area contributed by atoms with Gasteiger partial charge in [0.2, 0.25) is 0 Å². The maximum Gasteiger partial charge on any atom is 0.417 e. The van der Waals surface area contributed by atoms with Gasteiger partial charge in [0, 0.05) is 29.4 Å². The second kappa shape index (κ2) is 9.24. The fourth-order valence-corrected chi connectivity index (χ4v) is 3.70. The van der Waals surface area contributed by atoms with Gasteiger partial charge in [0.05, 0.1) is 31.9 Å². The first-order chi connectivity index (χ1) is 15.8. The Morgan fingerprint density at radius 1 is 1.12 bits per heavy atom. The summed E-state index contributed by atoms with van der Waals surface area (Å²) in [5, 5.41) is 0.690. The lowest BCUT2D eigenvalue weighted by Crippen LogP contribution is -2.26. The van der Waals surface area contributed by atoms with Crippen LogP contribution in [0.15, 0.2) is 53.3 Å². The molecule has 10 heteroatoms. The van der Waals surface area contributed by atoms with E-state index in [1.807, 2.05) is 0 Å². The normalized spacial score (nSPS) is 16.4. The van der Waals surface area contributed by atoms with Gasteiger partial charge >= 0.3 is 12.3 Å². The molecule has 0 bridgehead atoms. The molecule has 7 nitrogen and oxygen atoms in total. The lowest BCUT2D eigenvalue weighted by molar-refractivity contribution is -0.137. The summed E-state index contributed by atoms with van der Waals surface area (Å²) < 4.78 is 55.8. The zero-order valence-electron chi connectivity index (χ0n) is 17.6. The Kier molecular flexibility index (Phi) is 6.39. The minimum atomic E-state index is -4.56. The molecule has 33 heavy (non-hydrogen) atoms. The van der Waals surface area contributed by atoms with E-state index >= 15 is 0 Å². The number of pyridine rings is 1. The molecular formula is C23H21F3N2O5. The van der Waals surface area contributed by atoms with Crippen molar-refractivity contribution in [2.45, 2.75) is 12.3 Å². The molecule has 1 amide bonds. The van der Waals surface area contributed by atoms with Crippen LogP contribution in [0.1, 0.15) is 5.56 Å². The summed E-state index contributed by atoms with van der Waals surface area (Å²) in [6, 6.07) is 11.3. The molecule has 0 saturated carbocycles. The number of alkyl halides is 3. The first kappa shape index (κ1) is 22.8. The quantitative estimate of drug-likeness (QED) is 0.533. The van der Waals surface area contributed by atoms with Crippen LogP contribution in [0.2, 0.25) is 0 Å². The summed E-state index contributed by atoms with van der Waals surface area (Å²) >= 11 is 0. The predicted octanol–water partition coefficient (Wildman–Crippen LogP) is 4.20. The maximum absolute atomic E-state index is 13.4. The fourth-order valence-electron chi connectivity index (χ4n) is 3.70. The fraction of sp³-hybridized carbons (Fsp3) is 0.304. The number of methoxy groups -OCH3 is 1. The Morgan fingerprint density at radius 2 is 1.91 bits per heavy atom. The number of benzene rings is 2. The molecule has 2 aromatic carbocycles. The Bertz CT molecular complexity index is 1220. The monoisotopic (exact) mass is 462 g/mol. The van der Waals surface area contributed by atoms with E-state index in [9.17, 15) is 22.8 Å². The molecule has 4 rings (SSSR count). The molecule has 0 spiro atoms. The van der Waals surface area contributed by atoms with Gasteiger partial charge < -0.3 is 19.2 Å². The first-order valence-electron chi connectivity index (χ1n) is 10.2. The number of cyclic esters (lactones) is 1. The minimum absolute atomic E-state index is 0.0574. The highest BCUT2D eigenvalue weighted by Crippen LogP contribution is 2.36. The minimum Gasteiger partial charge on any atom is -0.441 e. The average Bonchev–Trinajstić information content (AvgIpc) is 3.16. The van der Waals surface area contributed by atoms with E-state index < -0.39 is 29.5 Å². The van der Waals surface area contributed by atoms with Crippen molar-refractivity contribution in [1.82, 2.24) is 4.98 Å². The summed E-state index contributed by atoms with van der Waals surface area (Å²) in [5.41, 5.74) is -1.01. The number of nitrogens with one attached hydrogen (secondary N) is 1. The third kappa shape index (κ3) is 4.86. The smallest absolute Gasteiger partial charge is 0.417 e. The van der Waals surface area contributed by atoms with Crippen molar-refractivity contribution >= 4 is 22.6 Å². The number of fused-ring (bicyclic) bond motifs is 1. The van der Waals surface area contributed by atoms with Crippen molar-refractivity contribution in [2.75, 3.05) is 38.4 Å². The van der Waals surface area contributed by atoms with Gasteiger partial charge in [0.1, 0.15) is 6.10 Å². The van der Waals surface area contributed by atoms with Crippen molar-refractivity contribution < 1.29 is 32.2 Å². The number of H-pyrrole nitrogens is 1. The summed E-state index contributed by atoms with van der Waals surface area (Å²) in [7, 11) is 1.56. The number of anilines is 1. The molecule has 1 aliphatic heterocycles. The van der Waals surface area contributed by atoms with E-state index in [1.165, 1.54) is 35.2 Å². The summed E-state index contributed by atoms with van der Waals surface area (Å²) in [5.74, 6) is 0. The van der Waals surface area contributed by atoms with Gasteiger partial charge in [-0.05, 0) is 29.7 Å². The van der Waals surface area contributed by atoms with Gasteiger partial charge in [0.25, 0.3) is 5.56 Å². The second-order valence-electron chi connectivity index (χ2n) is 7.51. The summed E-state index contributed by atoms with van der Waals surface area (Å²) in [6.07, 6.45) is -5.60. The standard InChI is InChI=1S/C23H21F3N2O5/c1-31-8-9-32-13-16-12-28(22(30)33-16)15-7-6-14-10-20(27-21(29)18(14)11-15)17-4-2-3-5-19(17)23(24,25)26/h2-7,10-11,16H,8-9,12-13H2,1H3,(H,27,29). The summed E-state index contributed by atoms with van der Waals surface area (Å²) in [4.78, 5) is 29.0. The second-order valence-corrected chi connectivity index (χ2v) is 7.51. The van der Waals surface area contributed by atoms with Gasteiger partial charge in [0.15, 0.2) is 0 Å². The average molecular weight is 462 g/mol. The molecule has 3 aromatic rings. The Hall–Kier alpha value is -3.37. The van der Waals surface area contributed by atoms with Gasteiger partial charge in [-0.25, -0.2) is 4.79 Å². The third-order valence-electron chi connectivity index (χ3n) is 5.27. The van der Waals surface area contributed by atoms with E-state index in [0.717, 1.165) is 6.07 Å².